The average molecular weight is 273 g/mol. The van der Waals surface area contributed by atoms with Crippen LogP contribution in [0.4, 0.5) is 0 Å². The Balaban J connectivity index is 2.38. The molecule has 4 nitrogen and oxygen atoms in total. The lowest BCUT2D eigenvalue weighted by Gasteiger charge is -2.20. The van der Waals surface area contributed by atoms with E-state index in [9.17, 15) is 15.0 Å². The van der Waals surface area contributed by atoms with Gasteiger partial charge in [0.25, 0.3) is 0 Å². The first-order valence-electron chi connectivity index (χ1n) is 6.88. The van der Waals surface area contributed by atoms with Crippen molar-refractivity contribution in [1.82, 2.24) is 4.98 Å². The number of hydrogen-bond acceptors (Lipinski definition) is 3. The molecule has 106 valence electrons. The molecule has 4 heteroatoms. The van der Waals surface area contributed by atoms with Gasteiger partial charge in [0.15, 0.2) is 0 Å². The molecule has 2 rings (SSSR count). The smallest absolute Gasteiger partial charge is 0.309 e. The lowest BCUT2D eigenvalue weighted by molar-refractivity contribution is -0.146. The Bertz CT molecular complexity index is 592. The van der Waals surface area contributed by atoms with E-state index in [1.54, 1.807) is 12.4 Å². The van der Waals surface area contributed by atoms with E-state index >= 15 is 0 Å². The van der Waals surface area contributed by atoms with Crippen LogP contribution in [-0.2, 0) is 4.79 Å². The number of rotatable bonds is 6. The average Bonchev–Trinajstić information content (AvgIpc) is 2.46. The number of aliphatic carboxylic acids is 1. The van der Waals surface area contributed by atoms with Crippen LogP contribution in [0.25, 0.3) is 10.8 Å². The van der Waals surface area contributed by atoms with E-state index < -0.39 is 18.0 Å². The number of fused-ring (bicyclic) bond motifs is 1. The highest BCUT2D eigenvalue weighted by Crippen LogP contribution is 2.31. The Labute approximate surface area is 118 Å². The maximum atomic E-state index is 11.4. The number of nitrogens with zero attached hydrogens (tertiary/aromatic N) is 1. The molecule has 0 spiro atoms. The summed E-state index contributed by atoms with van der Waals surface area (Å²) in [7, 11) is 0. The molecule has 0 aliphatic carbocycles. The summed E-state index contributed by atoms with van der Waals surface area (Å²) in [5, 5.41) is 21.5. The zero-order valence-corrected chi connectivity index (χ0v) is 11.5. The molecule has 0 bridgehead atoms. The van der Waals surface area contributed by atoms with Crippen molar-refractivity contribution >= 4 is 16.7 Å². The van der Waals surface area contributed by atoms with Crippen LogP contribution in [-0.4, -0.2) is 21.2 Å². The molecule has 0 aliphatic heterocycles. The lowest BCUT2D eigenvalue weighted by Crippen LogP contribution is -2.22. The van der Waals surface area contributed by atoms with Gasteiger partial charge in [0.05, 0.1) is 12.0 Å². The Hall–Kier alpha value is -1.94. The molecule has 2 atom stereocenters. The van der Waals surface area contributed by atoms with Crippen LogP contribution in [0.15, 0.2) is 36.7 Å². The van der Waals surface area contributed by atoms with Crippen LogP contribution in [0.3, 0.4) is 0 Å². The predicted molar refractivity (Wildman–Crippen MR) is 77.4 cm³/mol. The van der Waals surface area contributed by atoms with E-state index in [0.29, 0.717) is 12.0 Å². The fraction of sp³-hybridized carbons (Fsp3) is 0.375. The Morgan fingerprint density at radius 3 is 2.75 bits per heavy atom. The van der Waals surface area contributed by atoms with Crippen molar-refractivity contribution in [3.8, 4) is 0 Å². The van der Waals surface area contributed by atoms with Gasteiger partial charge in [-0.3, -0.25) is 9.78 Å². The van der Waals surface area contributed by atoms with Crippen molar-refractivity contribution in [3.63, 3.8) is 0 Å². The SMILES string of the molecule is CCCCC(C(=O)O)C(O)c1cncc2ccccc12. The van der Waals surface area contributed by atoms with Gasteiger partial charge in [0.1, 0.15) is 0 Å². The van der Waals surface area contributed by atoms with Gasteiger partial charge in [-0.2, -0.15) is 0 Å². The molecular formula is C16H19NO3. The van der Waals surface area contributed by atoms with Gasteiger partial charge in [0.2, 0.25) is 0 Å². The number of carboxylic acids is 1. The first-order chi connectivity index (χ1) is 9.65. The van der Waals surface area contributed by atoms with Gasteiger partial charge in [-0.25, -0.2) is 0 Å². The Kier molecular flexibility index (Phi) is 4.69. The number of aromatic nitrogens is 1. The molecule has 1 heterocycles. The number of unbranched alkanes of at least 4 members (excludes halogenated alkanes) is 1. The third kappa shape index (κ3) is 2.96. The second kappa shape index (κ2) is 6.48. The molecule has 0 saturated carbocycles. The summed E-state index contributed by atoms with van der Waals surface area (Å²) < 4.78 is 0. The highest BCUT2D eigenvalue weighted by Gasteiger charge is 2.28. The maximum Gasteiger partial charge on any atom is 0.309 e. The van der Waals surface area contributed by atoms with E-state index in [0.717, 1.165) is 23.6 Å². The molecule has 20 heavy (non-hydrogen) atoms. The summed E-state index contributed by atoms with van der Waals surface area (Å²) in [6, 6.07) is 7.56. The molecule has 0 radical (unpaired) electrons. The second-order valence-corrected chi connectivity index (χ2v) is 4.98. The summed E-state index contributed by atoms with van der Waals surface area (Å²) in [4.78, 5) is 15.5. The summed E-state index contributed by atoms with van der Waals surface area (Å²) >= 11 is 0. The number of pyridine rings is 1. The first kappa shape index (κ1) is 14.5. The molecule has 0 fully saturated rings. The summed E-state index contributed by atoms with van der Waals surface area (Å²) in [6.07, 6.45) is 4.41. The molecule has 0 aliphatic rings. The van der Waals surface area contributed by atoms with Crippen molar-refractivity contribution in [1.29, 1.82) is 0 Å². The summed E-state index contributed by atoms with van der Waals surface area (Å²) in [5.41, 5.74) is 0.589. The highest BCUT2D eigenvalue weighted by atomic mass is 16.4. The quantitative estimate of drug-likeness (QED) is 0.848. The van der Waals surface area contributed by atoms with Crippen molar-refractivity contribution < 1.29 is 15.0 Å². The van der Waals surface area contributed by atoms with Crippen molar-refractivity contribution in [3.05, 3.63) is 42.2 Å². The monoisotopic (exact) mass is 273 g/mol. The summed E-state index contributed by atoms with van der Waals surface area (Å²) in [5.74, 6) is -1.75. The zero-order chi connectivity index (χ0) is 14.5. The van der Waals surface area contributed by atoms with Crippen molar-refractivity contribution in [2.75, 3.05) is 0 Å². The highest BCUT2D eigenvalue weighted by molar-refractivity contribution is 5.85. The summed E-state index contributed by atoms with van der Waals surface area (Å²) in [6.45, 7) is 2.00. The number of carboxylic acid groups (broad SMARTS) is 1. The molecule has 2 unspecified atom stereocenters. The molecule has 1 aromatic heterocycles. The third-order valence-corrected chi connectivity index (χ3v) is 3.58. The van der Waals surface area contributed by atoms with Gasteiger partial charge in [-0.15, -0.1) is 0 Å². The van der Waals surface area contributed by atoms with Gasteiger partial charge < -0.3 is 10.2 Å². The molecule has 0 amide bonds. The zero-order valence-electron chi connectivity index (χ0n) is 11.5. The second-order valence-electron chi connectivity index (χ2n) is 4.98. The molecule has 0 saturated heterocycles. The largest absolute Gasteiger partial charge is 0.481 e. The first-order valence-corrected chi connectivity index (χ1v) is 6.88. The number of carbonyl (C=O) groups is 1. The van der Waals surface area contributed by atoms with Gasteiger partial charge in [-0.05, 0) is 11.8 Å². The van der Waals surface area contributed by atoms with Gasteiger partial charge >= 0.3 is 5.97 Å². The Morgan fingerprint density at radius 2 is 2.05 bits per heavy atom. The fourth-order valence-electron chi connectivity index (χ4n) is 2.43. The van der Waals surface area contributed by atoms with Crippen LogP contribution >= 0.6 is 0 Å². The minimum atomic E-state index is -1.03. The number of aliphatic hydroxyl groups is 1. The van der Waals surface area contributed by atoms with E-state index in [1.165, 1.54) is 0 Å². The van der Waals surface area contributed by atoms with E-state index in [2.05, 4.69) is 4.98 Å². The molecule has 1 aromatic carbocycles. The van der Waals surface area contributed by atoms with Crippen molar-refractivity contribution in [2.24, 2.45) is 5.92 Å². The van der Waals surface area contributed by atoms with Crippen LogP contribution in [0.2, 0.25) is 0 Å². The van der Waals surface area contributed by atoms with Crippen LogP contribution in [0.1, 0.15) is 37.9 Å². The van der Waals surface area contributed by atoms with Gasteiger partial charge in [0, 0.05) is 23.3 Å². The molecular weight excluding hydrogens is 254 g/mol. The maximum absolute atomic E-state index is 11.4. The van der Waals surface area contributed by atoms with E-state index in [4.69, 9.17) is 0 Å². The molecule has 2 aromatic rings. The number of hydrogen-bond donors (Lipinski definition) is 2. The van der Waals surface area contributed by atoms with E-state index in [-0.39, 0.29) is 0 Å². The minimum Gasteiger partial charge on any atom is -0.481 e. The lowest BCUT2D eigenvalue weighted by atomic mass is 9.90. The predicted octanol–water partition coefficient (Wildman–Crippen LogP) is 3.16. The Morgan fingerprint density at radius 1 is 1.30 bits per heavy atom. The van der Waals surface area contributed by atoms with Crippen LogP contribution < -0.4 is 0 Å². The van der Waals surface area contributed by atoms with Crippen molar-refractivity contribution in [2.45, 2.75) is 32.3 Å². The van der Waals surface area contributed by atoms with Gasteiger partial charge in [-0.1, -0.05) is 44.0 Å². The standard InChI is InChI=1S/C16H19NO3/c1-2-3-7-13(16(19)20)15(18)14-10-17-9-11-6-4-5-8-12(11)14/h4-6,8-10,13,15,18H,2-3,7H2,1H3,(H,19,20). The molecule has 2 N–H and O–H groups in total. The normalized spacial score (nSPS) is 14.1. The number of benzene rings is 1. The van der Waals surface area contributed by atoms with Crippen LogP contribution in [0, 0.1) is 5.92 Å². The van der Waals surface area contributed by atoms with E-state index in [1.807, 2.05) is 31.2 Å². The minimum absolute atomic E-state index is 0.468. The third-order valence-electron chi connectivity index (χ3n) is 3.58. The fourth-order valence-corrected chi connectivity index (χ4v) is 2.43. The topological polar surface area (TPSA) is 70.4 Å². The van der Waals surface area contributed by atoms with Crippen LogP contribution in [0.5, 0.6) is 0 Å². The number of aliphatic hydroxyl groups excluding tert-OH is 1.